The maximum Gasteiger partial charge on any atom is 0.277 e. The third-order valence-corrected chi connectivity index (χ3v) is 12.7. The van der Waals surface area contributed by atoms with Gasteiger partial charge in [0.15, 0.2) is 32.2 Å². The SMILES string of the molecule is CCCCCCCCC(C)COc1nc2c(nc3c4ccc5c(=O)n6c7nc(OCC(C)CCCCCCCC)sc7nc6c6ccc(c(=O)n23)c4c56)s1. The Kier molecular flexibility index (Phi) is 10.8. The molecule has 2 atom stereocenters. The van der Waals surface area contributed by atoms with E-state index in [1.54, 1.807) is 8.80 Å². The molecule has 0 aliphatic heterocycles. The zero-order valence-electron chi connectivity index (χ0n) is 31.9. The van der Waals surface area contributed by atoms with Gasteiger partial charge >= 0.3 is 0 Å². The normalized spacial score (nSPS) is 13.6. The molecule has 2 unspecified atom stereocenters. The summed E-state index contributed by atoms with van der Waals surface area (Å²) < 4.78 is 15.4. The average molecular weight is 767 g/mol. The highest BCUT2D eigenvalue weighted by Gasteiger charge is 2.25. The van der Waals surface area contributed by atoms with Crippen LogP contribution in [-0.4, -0.2) is 42.0 Å². The number of ether oxygens (including phenoxy) is 2. The molecule has 2 aromatic carbocycles. The lowest BCUT2D eigenvalue weighted by Crippen LogP contribution is -2.17. The number of nitrogens with zero attached hydrogens (tertiary/aromatic N) is 6. The Morgan fingerprint density at radius 3 is 1.35 bits per heavy atom. The second kappa shape index (κ2) is 15.9. The van der Waals surface area contributed by atoms with Gasteiger partial charge in [-0.25, -0.2) is 18.8 Å². The molecule has 0 aliphatic carbocycles. The molecule has 10 nitrogen and oxygen atoms in total. The van der Waals surface area contributed by atoms with Crippen LogP contribution in [-0.2, 0) is 0 Å². The van der Waals surface area contributed by atoms with Crippen molar-refractivity contribution in [3.8, 4) is 10.4 Å². The molecule has 0 saturated heterocycles. The summed E-state index contributed by atoms with van der Waals surface area (Å²) in [4.78, 5) is 49.0. The predicted molar refractivity (Wildman–Crippen MR) is 223 cm³/mol. The van der Waals surface area contributed by atoms with Crippen molar-refractivity contribution < 1.29 is 9.47 Å². The lowest BCUT2D eigenvalue weighted by Gasteiger charge is -2.12. The molecule has 6 heterocycles. The maximum atomic E-state index is 14.2. The van der Waals surface area contributed by atoms with Crippen LogP contribution in [0, 0.1) is 11.8 Å². The van der Waals surface area contributed by atoms with Gasteiger partial charge in [-0.15, -0.1) is 0 Å². The number of hydrogen-bond donors (Lipinski definition) is 0. The fourth-order valence-corrected chi connectivity index (χ4v) is 9.55. The quantitative estimate of drug-likeness (QED) is 0.0556. The molecule has 0 spiro atoms. The molecule has 0 radical (unpaired) electrons. The minimum Gasteiger partial charge on any atom is -0.470 e. The highest BCUT2D eigenvalue weighted by molar-refractivity contribution is 7.20. The van der Waals surface area contributed by atoms with Crippen LogP contribution in [0.5, 0.6) is 10.4 Å². The number of aromatic nitrogens is 6. The van der Waals surface area contributed by atoms with Gasteiger partial charge in [0.2, 0.25) is 0 Å². The van der Waals surface area contributed by atoms with Crippen molar-refractivity contribution in [2.75, 3.05) is 13.2 Å². The number of imidazole rings is 2. The van der Waals surface area contributed by atoms with Crippen LogP contribution in [0.4, 0.5) is 0 Å². The Balaban J connectivity index is 1.05. The zero-order chi connectivity index (χ0) is 37.3. The first kappa shape index (κ1) is 36.8. The minimum absolute atomic E-state index is 0.214. The first-order valence-corrected chi connectivity index (χ1v) is 21.7. The van der Waals surface area contributed by atoms with E-state index in [1.807, 2.05) is 24.3 Å². The average Bonchev–Trinajstić information content (AvgIpc) is 3.93. The topological polar surface area (TPSA) is 113 Å². The highest BCUT2D eigenvalue weighted by atomic mass is 32.1. The van der Waals surface area contributed by atoms with Crippen LogP contribution in [0.25, 0.3) is 64.6 Å². The van der Waals surface area contributed by atoms with Crippen LogP contribution in [0.2, 0.25) is 0 Å². The van der Waals surface area contributed by atoms with Crippen LogP contribution >= 0.6 is 22.7 Å². The van der Waals surface area contributed by atoms with Gasteiger partial charge in [-0.2, -0.15) is 9.97 Å². The highest BCUT2D eigenvalue weighted by Crippen LogP contribution is 2.39. The summed E-state index contributed by atoms with van der Waals surface area (Å²) in [5.41, 5.74) is 1.65. The van der Waals surface area contributed by atoms with Gasteiger partial charge in [0.05, 0.1) is 13.2 Å². The van der Waals surface area contributed by atoms with E-state index in [9.17, 15) is 9.59 Å². The molecule has 0 aliphatic rings. The molecule has 0 amide bonds. The van der Waals surface area contributed by atoms with Crippen molar-refractivity contribution in [1.82, 2.24) is 28.7 Å². The van der Waals surface area contributed by atoms with Crippen molar-refractivity contribution >= 4 is 87.2 Å². The molecule has 0 saturated carbocycles. The molecule has 12 heteroatoms. The Bertz CT molecular complexity index is 2480. The molecule has 284 valence electrons. The van der Waals surface area contributed by atoms with Crippen molar-refractivity contribution in [2.45, 2.75) is 118 Å². The van der Waals surface area contributed by atoms with Gasteiger partial charge in [0, 0.05) is 32.3 Å². The summed E-state index contributed by atoms with van der Waals surface area (Å²) in [6, 6.07) is 7.48. The van der Waals surface area contributed by atoms with E-state index in [-0.39, 0.29) is 11.1 Å². The lowest BCUT2D eigenvalue weighted by atomic mass is 9.96. The van der Waals surface area contributed by atoms with Gasteiger partial charge in [0.1, 0.15) is 0 Å². The molecule has 8 rings (SSSR count). The van der Waals surface area contributed by atoms with Crippen LogP contribution in [0.3, 0.4) is 0 Å². The summed E-state index contributed by atoms with van der Waals surface area (Å²) in [7, 11) is 0. The molecule has 54 heavy (non-hydrogen) atoms. The Morgan fingerprint density at radius 2 is 0.926 bits per heavy atom. The first-order valence-electron chi connectivity index (χ1n) is 20.1. The number of fused-ring (bicyclic) bond motifs is 8. The van der Waals surface area contributed by atoms with Crippen molar-refractivity contribution in [2.24, 2.45) is 11.8 Å². The van der Waals surface area contributed by atoms with Gasteiger partial charge in [0.25, 0.3) is 21.5 Å². The van der Waals surface area contributed by atoms with E-state index in [4.69, 9.17) is 29.4 Å². The van der Waals surface area contributed by atoms with Crippen LogP contribution in [0.15, 0.2) is 33.9 Å². The molecule has 0 N–H and O–H groups in total. The van der Waals surface area contributed by atoms with E-state index in [0.29, 0.717) is 78.5 Å². The third-order valence-electron chi connectivity index (χ3n) is 11.0. The summed E-state index contributed by atoms with van der Waals surface area (Å²) >= 11 is 2.74. The predicted octanol–water partition coefficient (Wildman–Crippen LogP) is 10.8. The third kappa shape index (κ3) is 6.84. The summed E-state index contributed by atoms with van der Waals surface area (Å²) in [5.74, 6) is 0.844. The van der Waals surface area contributed by atoms with E-state index in [1.165, 1.54) is 99.7 Å². The maximum absolute atomic E-state index is 14.2. The standard InChI is InChI=1S/C42H50N6O4S2/c1-5-7-9-11-13-15-17-25(3)23-51-41-45-35-37(53-41)43-33-27-19-22-30-32-28(20-21-29(31(27)32)39(49)47(33)35)34-44-38-36(48(34)40(30)50)46-42(54-38)52-24-26(4)18-16-14-12-10-8-6-2/h19-22,25-26H,5-18,23-24H2,1-4H3. The number of benzene rings is 2. The Labute approximate surface area is 322 Å². The van der Waals surface area contributed by atoms with Crippen LogP contribution < -0.4 is 20.6 Å². The van der Waals surface area contributed by atoms with Crippen molar-refractivity contribution in [3.05, 3.63) is 45.0 Å². The molecule has 0 fully saturated rings. The summed E-state index contributed by atoms with van der Waals surface area (Å²) in [6.07, 6.45) is 17.6. The van der Waals surface area contributed by atoms with Gasteiger partial charge in [-0.05, 0) is 48.9 Å². The Morgan fingerprint density at radius 1 is 0.537 bits per heavy atom. The van der Waals surface area contributed by atoms with Gasteiger partial charge in [-0.1, -0.05) is 127 Å². The molecule has 0 bridgehead atoms. The molecular weight excluding hydrogens is 717 g/mol. The summed E-state index contributed by atoms with van der Waals surface area (Å²) in [5, 5.41) is 5.13. The van der Waals surface area contributed by atoms with Gasteiger partial charge < -0.3 is 9.47 Å². The molecular formula is C42H50N6O4S2. The van der Waals surface area contributed by atoms with Crippen molar-refractivity contribution in [3.63, 3.8) is 0 Å². The van der Waals surface area contributed by atoms with Gasteiger partial charge in [-0.3, -0.25) is 9.59 Å². The van der Waals surface area contributed by atoms with E-state index in [2.05, 4.69) is 27.7 Å². The van der Waals surface area contributed by atoms with Crippen LogP contribution in [0.1, 0.15) is 118 Å². The van der Waals surface area contributed by atoms with E-state index in [0.717, 1.165) is 34.4 Å². The number of rotatable bonds is 20. The fourth-order valence-electron chi connectivity index (χ4n) is 7.98. The number of unbranched alkanes of at least 4 members (excludes halogenated alkanes) is 10. The number of hydrogen-bond acceptors (Lipinski definition) is 10. The zero-order valence-corrected chi connectivity index (χ0v) is 33.5. The smallest absolute Gasteiger partial charge is 0.277 e. The molecule has 8 aromatic rings. The number of thiazole rings is 2. The largest absolute Gasteiger partial charge is 0.470 e. The van der Waals surface area contributed by atoms with E-state index < -0.39 is 0 Å². The minimum atomic E-state index is -0.214. The second-order valence-corrected chi connectivity index (χ2v) is 17.3. The van der Waals surface area contributed by atoms with E-state index >= 15 is 0 Å². The van der Waals surface area contributed by atoms with Crippen molar-refractivity contribution in [1.29, 1.82) is 0 Å². The Hall–Kier alpha value is -4.16. The first-order chi connectivity index (χ1) is 26.4. The monoisotopic (exact) mass is 766 g/mol. The number of pyridine rings is 2. The summed E-state index contributed by atoms with van der Waals surface area (Å²) in [6.45, 7) is 10.1. The fraction of sp³-hybridized carbons (Fsp3) is 0.524. The lowest BCUT2D eigenvalue weighted by molar-refractivity contribution is 0.248. The second-order valence-electron chi connectivity index (χ2n) is 15.4. The molecule has 6 aromatic heterocycles.